The Morgan fingerprint density at radius 2 is 1.65 bits per heavy atom. The molecule has 0 aliphatic carbocycles. The zero-order valence-electron chi connectivity index (χ0n) is 16.0. The average Bonchev–Trinajstić information content (AvgIpc) is 3.28. The molecule has 0 spiro atoms. The predicted molar refractivity (Wildman–Crippen MR) is 102 cm³/mol. The van der Waals surface area contributed by atoms with Gasteiger partial charge in [-0.05, 0) is 33.6 Å². The van der Waals surface area contributed by atoms with Gasteiger partial charge in [0.2, 0.25) is 5.95 Å². The van der Waals surface area contributed by atoms with Gasteiger partial charge < -0.3 is 14.3 Å². The van der Waals surface area contributed by atoms with Gasteiger partial charge in [0, 0.05) is 63.1 Å². The lowest BCUT2D eigenvalue weighted by molar-refractivity contribution is 0.247. The van der Waals surface area contributed by atoms with E-state index in [0.717, 1.165) is 74.7 Å². The molecule has 0 bridgehead atoms. The van der Waals surface area contributed by atoms with Gasteiger partial charge in [-0.2, -0.15) is 4.98 Å². The van der Waals surface area contributed by atoms with Crippen LogP contribution in [0.25, 0.3) is 0 Å². The van der Waals surface area contributed by atoms with Crippen LogP contribution in [0.4, 0.5) is 11.8 Å². The van der Waals surface area contributed by atoms with Crippen LogP contribution in [0.15, 0.2) is 10.6 Å². The molecule has 2 aliphatic heterocycles. The molecule has 7 nitrogen and oxygen atoms in total. The van der Waals surface area contributed by atoms with Crippen molar-refractivity contribution >= 4 is 11.8 Å². The Hall–Kier alpha value is -2.15. The van der Waals surface area contributed by atoms with Gasteiger partial charge in [0.25, 0.3) is 0 Å². The summed E-state index contributed by atoms with van der Waals surface area (Å²) in [6, 6.07) is 2.11. The van der Waals surface area contributed by atoms with Gasteiger partial charge in [-0.3, -0.25) is 4.90 Å². The molecule has 0 unspecified atom stereocenters. The molecule has 2 aliphatic rings. The van der Waals surface area contributed by atoms with E-state index in [0.29, 0.717) is 0 Å². The molecule has 2 saturated heterocycles. The van der Waals surface area contributed by atoms with Crippen molar-refractivity contribution in [3.63, 3.8) is 0 Å². The van der Waals surface area contributed by atoms with E-state index < -0.39 is 0 Å². The zero-order chi connectivity index (χ0) is 18.1. The molecule has 2 aromatic heterocycles. The maximum absolute atomic E-state index is 5.29. The summed E-state index contributed by atoms with van der Waals surface area (Å²) in [6.45, 7) is 13.2. The van der Waals surface area contributed by atoms with Crippen molar-refractivity contribution in [2.45, 2.75) is 40.2 Å². The molecule has 4 rings (SSSR count). The fraction of sp³-hybridized carbons (Fsp3) is 0.632. The second kappa shape index (κ2) is 7.23. The van der Waals surface area contributed by atoms with E-state index in [2.05, 4.69) is 37.8 Å². The Morgan fingerprint density at radius 1 is 0.923 bits per heavy atom. The van der Waals surface area contributed by atoms with Crippen LogP contribution in [0, 0.1) is 20.8 Å². The number of aryl methyl sites for hydroxylation is 3. The smallest absolute Gasteiger partial charge is 0.227 e. The van der Waals surface area contributed by atoms with E-state index in [1.807, 2.05) is 13.8 Å². The molecule has 0 atom stereocenters. The summed E-state index contributed by atoms with van der Waals surface area (Å²) < 4.78 is 5.29. The summed E-state index contributed by atoms with van der Waals surface area (Å²) in [5, 5.41) is 4.07. The number of piperazine rings is 1. The summed E-state index contributed by atoms with van der Waals surface area (Å²) in [5.74, 6) is 2.90. The molecule has 2 aromatic rings. The SMILES string of the molecule is Cc1cc(N2CCN(Cc3c(C)noc3C)CC2)nc(N2CCCC2)n1. The number of hydrogen-bond acceptors (Lipinski definition) is 7. The van der Waals surface area contributed by atoms with Crippen molar-refractivity contribution < 1.29 is 4.52 Å². The lowest BCUT2D eigenvalue weighted by Gasteiger charge is -2.35. The van der Waals surface area contributed by atoms with Gasteiger partial charge in [-0.15, -0.1) is 0 Å². The fourth-order valence-corrected chi connectivity index (χ4v) is 3.84. The lowest BCUT2D eigenvalue weighted by atomic mass is 10.2. The van der Waals surface area contributed by atoms with Crippen LogP contribution in [0.2, 0.25) is 0 Å². The summed E-state index contributed by atoms with van der Waals surface area (Å²) in [7, 11) is 0. The van der Waals surface area contributed by atoms with Crippen LogP contribution in [0.1, 0.15) is 35.6 Å². The first-order valence-electron chi connectivity index (χ1n) is 9.60. The zero-order valence-corrected chi connectivity index (χ0v) is 16.0. The van der Waals surface area contributed by atoms with Crippen LogP contribution in [-0.4, -0.2) is 59.3 Å². The first-order chi connectivity index (χ1) is 12.6. The van der Waals surface area contributed by atoms with Crippen LogP contribution in [0.5, 0.6) is 0 Å². The molecule has 0 N–H and O–H groups in total. The number of anilines is 2. The van der Waals surface area contributed by atoms with Crippen molar-refractivity contribution in [1.29, 1.82) is 0 Å². The third kappa shape index (κ3) is 3.53. The number of aromatic nitrogens is 3. The molecule has 0 aromatic carbocycles. The molecular formula is C19H28N6O. The summed E-state index contributed by atoms with van der Waals surface area (Å²) in [6.07, 6.45) is 2.49. The lowest BCUT2D eigenvalue weighted by Crippen LogP contribution is -2.46. The number of hydrogen-bond donors (Lipinski definition) is 0. The van der Waals surface area contributed by atoms with Crippen LogP contribution in [0.3, 0.4) is 0 Å². The van der Waals surface area contributed by atoms with E-state index in [-0.39, 0.29) is 0 Å². The maximum atomic E-state index is 5.29. The minimum absolute atomic E-state index is 0.899. The third-order valence-corrected chi connectivity index (χ3v) is 5.48. The molecule has 2 fully saturated rings. The first-order valence-corrected chi connectivity index (χ1v) is 9.60. The molecule has 4 heterocycles. The Balaban J connectivity index is 1.41. The van der Waals surface area contributed by atoms with Crippen molar-refractivity contribution in [1.82, 2.24) is 20.0 Å². The topological polar surface area (TPSA) is 61.5 Å². The Labute approximate surface area is 155 Å². The van der Waals surface area contributed by atoms with E-state index in [4.69, 9.17) is 9.51 Å². The molecule has 0 saturated carbocycles. The highest BCUT2D eigenvalue weighted by Crippen LogP contribution is 2.22. The highest BCUT2D eigenvalue weighted by atomic mass is 16.5. The minimum atomic E-state index is 0.899. The standard InChI is InChI=1S/C19H28N6O/c1-14-12-18(21-19(20-14)25-6-4-5-7-25)24-10-8-23(9-11-24)13-17-15(2)22-26-16(17)3/h12H,4-11,13H2,1-3H3. The van der Waals surface area contributed by atoms with Crippen molar-refractivity contribution in [3.8, 4) is 0 Å². The Kier molecular flexibility index (Phi) is 4.80. The van der Waals surface area contributed by atoms with E-state index in [1.54, 1.807) is 0 Å². The highest BCUT2D eigenvalue weighted by Gasteiger charge is 2.22. The summed E-state index contributed by atoms with van der Waals surface area (Å²) in [4.78, 5) is 16.7. The number of rotatable bonds is 4. The molecular weight excluding hydrogens is 328 g/mol. The van der Waals surface area contributed by atoms with Gasteiger partial charge >= 0.3 is 0 Å². The average molecular weight is 356 g/mol. The monoisotopic (exact) mass is 356 g/mol. The van der Waals surface area contributed by atoms with E-state index >= 15 is 0 Å². The molecule has 7 heteroatoms. The van der Waals surface area contributed by atoms with Gasteiger partial charge in [0.15, 0.2) is 0 Å². The van der Waals surface area contributed by atoms with Crippen molar-refractivity contribution in [2.75, 3.05) is 49.1 Å². The van der Waals surface area contributed by atoms with Crippen LogP contribution in [-0.2, 0) is 6.54 Å². The molecule has 26 heavy (non-hydrogen) atoms. The Morgan fingerprint density at radius 3 is 2.31 bits per heavy atom. The predicted octanol–water partition coefficient (Wildman–Crippen LogP) is 2.31. The summed E-state index contributed by atoms with van der Waals surface area (Å²) >= 11 is 0. The van der Waals surface area contributed by atoms with Crippen LogP contribution < -0.4 is 9.80 Å². The summed E-state index contributed by atoms with van der Waals surface area (Å²) in [5.41, 5.74) is 3.29. The van der Waals surface area contributed by atoms with Gasteiger partial charge in [-0.25, -0.2) is 4.98 Å². The van der Waals surface area contributed by atoms with E-state index in [1.165, 1.54) is 18.4 Å². The largest absolute Gasteiger partial charge is 0.361 e. The highest BCUT2D eigenvalue weighted by molar-refractivity contribution is 5.46. The van der Waals surface area contributed by atoms with Crippen LogP contribution >= 0.6 is 0 Å². The van der Waals surface area contributed by atoms with Crippen molar-refractivity contribution in [2.24, 2.45) is 0 Å². The van der Waals surface area contributed by atoms with Gasteiger partial charge in [-0.1, -0.05) is 5.16 Å². The maximum Gasteiger partial charge on any atom is 0.227 e. The third-order valence-electron chi connectivity index (χ3n) is 5.48. The quantitative estimate of drug-likeness (QED) is 0.833. The molecule has 0 radical (unpaired) electrons. The second-order valence-electron chi connectivity index (χ2n) is 7.43. The minimum Gasteiger partial charge on any atom is -0.361 e. The van der Waals surface area contributed by atoms with Gasteiger partial charge in [0.1, 0.15) is 11.6 Å². The van der Waals surface area contributed by atoms with Crippen molar-refractivity contribution in [3.05, 3.63) is 28.8 Å². The number of nitrogens with zero attached hydrogens (tertiary/aromatic N) is 6. The first kappa shape index (κ1) is 17.3. The normalized spacial score (nSPS) is 18.7. The fourth-order valence-electron chi connectivity index (χ4n) is 3.84. The van der Waals surface area contributed by atoms with Gasteiger partial charge in [0.05, 0.1) is 5.69 Å². The second-order valence-corrected chi connectivity index (χ2v) is 7.43. The van der Waals surface area contributed by atoms with E-state index in [9.17, 15) is 0 Å². The molecule has 140 valence electrons. The Bertz CT molecular complexity index is 740. The molecule has 0 amide bonds.